The molecule has 0 unspecified atom stereocenters. The molecular formula is C15H23BrN2O2S. The topological polar surface area (TPSA) is 49.4 Å². The lowest BCUT2D eigenvalue weighted by Crippen LogP contribution is -2.33. The molecule has 0 saturated carbocycles. The molecule has 0 bridgehead atoms. The van der Waals surface area contributed by atoms with Crippen molar-refractivity contribution in [1.82, 2.24) is 9.62 Å². The first-order valence-electron chi connectivity index (χ1n) is 7.47. The summed E-state index contributed by atoms with van der Waals surface area (Å²) in [5, 5.41) is 0. The highest BCUT2D eigenvalue weighted by Crippen LogP contribution is 2.19. The van der Waals surface area contributed by atoms with Crippen molar-refractivity contribution in [3.63, 3.8) is 0 Å². The van der Waals surface area contributed by atoms with Crippen LogP contribution in [0, 0.1) is 6.92 Å². The van der Waals surface area contributed by atoms with Crippen molar-refractivity contribution in [2.75, 3.05) is 26.2 Å². The van der Waals surface area contributed by atoms with Gasteiger partial charge < -0.3 is 4.90 Å². The summed E-state index contributed by atoms with van der Waals surface area (Å²) in [6, 6.07) is 5.10. The maximum atomic E-state index is 12.2. The molecule has 1 fully saturated rings. The first kappa shape index (κ1) is 16.9. The van der Waals surface area contributed by atoms with Crippen molar-refractivity contribution < 1.29 is 8.42 Å². The summed E-state index contributed by atoms with van der Waals surface area (Å²) in [5.74, 6) is 0. The average molecular weight is 375 g/mol. The van der Waals surface area contributed by atoms with Gasteiger partial charge in [0.05, 0.1) is 4.90 Å². The molecule has 4 nitrogen and oxygen atoms in total. The number of nitrogens with one attached hydrogen (secondary N) is 1. The molecule has 1 saturated heterocycles. The van der Waals surface area contributed by atoms with E-state index in [1.165, 1.54) is 19.3 Å². The van der Waals surface area contributed by atoms with Crippen LogP contribution in [0.1, 0.15) is 31.2 Å². The highest BCUT2D eigenvalue weighted by Gasteiger charge is 2.15. The van der Waals surface area contributed by atoms with E-state index < -0.39 is 10.0 Å². The summed E-state index contributed by atoms with van der Waals surface area (Å²) in [4.78, 5) is 2.75. The number of nitrogens with zero attached hydrogens (tertiary/aromatic N) is 1. The normalized spacial score (nSPS) is 17.0. The lowest BCUT2D eigenvalue weighted by atomic mass is 10.1. The minimum Gasteiger partial charge on any atom is -0.303 e. The van der Waals surface area contributed by atoms with Gasteiger partial charge in [-0.25, -0.2) is 13.1 Å². The second kappa shape index (κ2) is 7.72. The van der Waals surface area contributed by atoms with Crippen LogP contribution in [0.2, 0.25) is 0 Å². The standard InChI is InChI=1S/C15H23BrN2O2S/c1-13-12-14(6-7-15(13)16)21(19,20)17-8-5-11-18-9-3-2-4-10-18/h6-7,12,17H,2-5,8-11H2,1H3. The summed E-state index contributed by atoms with van der Waals surface area (Å²) < 4.78 is 28.0. The highest BCUT2D eigenvalue weighted by molar-refractivity contribution is 9.10. The van der Waals surface area contributed by atoms with Crippen LogP contribution in [-0.4, -0.2) is 39.5 Å². The number of hydrogen-bond donors (Lipinski definition) is 1. The number of halogens is 1. The van der Waals surface area contributed by atoms with Crippen molar-refractivity contribution in [1.29, 1.82) is 0 Å². The van der Waals surface area contributed by atoms with E-state index in [9.17, 15) is 8.42 Å². The number of rotatable bonds is 6. The van der Waals surface area contributed by atoms with Crippen molar-refractivity contribution in [3.8, 4) is 0 Å². The lowest BCUT2D eigenvalue weighted by molar-refractivity contribution is 0.227. The third kappa shape index (κ3) is 5.06. The van der Waals surface area contributed by atoms with Crippen LogP contribution in [-0.2, 0) is 10.0 Å². The van der Waals surface area contributed by atoms with Gasteiger partial charge in [-0.05, 0) is 69.6 Å². The van der Waals surface area contributed by atoms with Gasteiger partial charge in [-0.2, -0.15) is 0 Å². The molecule has 1 aliphatic rings. The Bertz CT molecular complexity index is 569. The third-order valence-electron chi connectivity index (χ3n) is 3.83. The number of aryl methyl sites for hydroxylation is 1. The molecule has 0 aliphatic carbocycles. The summed E-state index contributed by atoms with van der Waals surface area (Å²) in [6.45, 7) is 5.66. The molecule has 1 aliphatic heterocycles. The molecular weight excluding hydrogens is 352 g/mol. The molecule has 0 aromatic heterocycles. The van der Waals surface area contributed by atoms with E-state index in [2.05, 4.69) is 25.6 Å². The van der Waals surface area contributed by atoms with Gasteiger partial charge in [0, 0.05) is 11.0 Å². The van der Waals surface area contributed by atoms with Crippen LogP contribution in [0.15, 0.2) is 27.6 Å². The maximum Gasteiger partial charge on any atom is 0.240 e. The molecule has 0 amide bonds. The van der Waals surface area contributed by atoms with Gasteiger partial charge in [0.25, 0.3) is 0 Å². The molecule has 1 aromatic rings. The largest absolute Gasteiger partial charge is 0.303 e. The number of benzene rings is 1. The molecule has 1 heterocycles. The Morgan fingerprint density at radius 2 is 1.95 bits per heavy atom. The van der Waals surface area contributed by atoms with E-state index >= 15 is 0 Å². The third-order valence-corrected chi connectivity index (χ3v) is 6.18. The van der Waals surface area contributed by atoms with E-state index in [1.807, 2.05) is 6.92 Å². The van der Waals surface area contributed by atoms with Gasteiger partial charge in [-0.1, -0.05) is 22.4 Å². The Kier molecular flexibility index (Phi) is 6.22. The van der Waals surface area contributed by atoms with Crippen molar-refractivity contribution in [2.45, 2.75) is 37.5 Å². The summed E-state index contributed by atoms with van der Waals surface area (Å²) in [7, 11) is -3.39. The van der Waals surface area contributed by atoms with Crippen LogP contribution in [0.5, 0.6) is 0 Å². The van der Waals surface area contributed by atoms with Crippen LogP contribution in [0.3, 0.4) is 0 Å². The van der Waals surface area contributed by atoms with Crippen LogP contribution in [0.25, 0.3) is 0 Å². The molecule has 21 heavy (non-hydrogen) atoms. The van der Waals surface area contributed by atoms with E-state index in [-0.39, 0.29) is 0 Å². The second-order valence-electron chi connectivity index (χ2n) is 5.56. The zero-order chi connectivity index (χ0) is 15.3. The predicted molar refractivity (Wildman–Crippen MR) is 89.0 cm³/mol. The number of hydrogen-bond acceptors (Lipinski definition) is 3. The Hall–Kier alpha value is -0.430. The zero-order valence-corrected chi connectivity index (χ0v) is 14.8. The monoisotopic (exact) mass is 374 g/mol. The van der Waals surface area contributed by atoms with Gasteiger partial charge in [0.1, 0.15) is 0 Å². The summed E-state index contributed by atoms with van der Waals surface area (Å²) >= 11 is 3.38. The van der Waals surface area contributed by atoms with Crippen LogP contribution < -0.4 is 4.72 Å². The fraction of sp³-hybridized carbons (Fsp3) is 0.600. The molecule has 0 atom stereocenters. The Morgan fingerprint density at radius 3 is 2.62 bits per heavy atom. The number of piperidine rings is 1. The number of sulfonamides is 1. The first-order chi connectivity index (χ1) is 9.99. The van der Waals surface area contributed by atoms with Crippen molar-refractivity contribution in [3.05, 3.63) is 28.2 Å². The molecule has 0 radical (unpaired) electrons. The zero-order valence-electron chi connectivity index (χ0n) is 12.4. The van der Waals surface area contributed by atoms with Crippen molar-refractivity contribution in [2.24, 2.45) is 0 Å². The second-order valence-corrected chi connectivity index (χ2v) is 8.19. The fourth-order valence-corrected chi connectivity index (χ4v) is 3.97. The van der Waals surface area contributed by atoms with Crippen molar-refractivity contribution >= 4 is 26.0 Å². The lowest BCUT2D eigenvalue weighted by Gasteiger charge is -2.26. The van der Waals surface area contributed by atoms with E-state index in [0.717, 1.165) is 36.1 Å². The van der Waals surface area contributed by atoms with E-state index in [0.29, 0.717) is 11.4 Å². The first-order valence-corrected chi connectivity index (χ1v) is 9.75. The average Bonchev–Trinajstić information content (AvgIpc) is 2.47. The fourth-order valence-electron chi connectivity index (χ4n) is 2.56. The molecule has 1 aromatic carbocycles. The maximum absolute atomic E-state index is 12.2. The van der Waals surface area contributed by atoms with Gasteiger partial charge in [0.15, 0.2) is 0 Å². The van der Waals surface area contributed by atoms with E-state index in [4.69, 9.17) is 0 Å². The molecule has 118 valence electrons. The minimum atomic E-state index is -3.39. The van der Waals surface area contributed by atoms with E-state index in [1.54, 1.807) is 18.2 Å². The van der Waals surface area contributed by atoms with Crippen LogP contribution >= 0.6 is 15.9 Å². The van der Waals surface area contributed by atoms with Gasteiger partial charge in [0.2, 0.25) is 10.0 Å². The highest BCUT2D eigenvalue weighted by atomic mass is 79.9. The van der Waals surface area contributed by atoms with Gasteiger partial charge in [-0.3, -0.25) is 0 Å². The predicted octanol–water partition coefficient (Wildman–Crippen LogP) is 2.91. The molecule has 2 rings (SSSR count). The van der Waals surface area contributed by atoms with Gasteiger partial charge in [-0.15, -0.1) is 0 Å². The Labute approximate surface area is 136 Å². The quantitative estimate of drug-likeness (QED) is 0.778. The molecule has 1 N–H and O–H groups in total. The molecule has 0 spiro atoms. The Morgan fingerprint density at radius 1 is 1.24 bits per heavy atom. The molecule has 6 heteroatoms. The Balaban J connectivity index is 1.82. The smallest absolute Gasteiger partial charge is 0.240 e. The van der Waals surface area contributed by atoms with Gasteiger partial charge >= 0.3 is 0 Å². The SMILES string of the molecule is Cc1cc(S(=O)(=O)NCCCN2CCCCC2)ccc1Br. The summed E-state index contributed by atoms with van der Waals surface area (Å²) in [5.41, 5.74) is 0.922. The van der Waals surface area contributed by atoms with Crippen LogP contribution in [0.4, 0.5) is 0 Å². The minimum absolute atomic E-state index is 0.334. The summed E-state index contributed by atoms with van der Waals surface area (Å²) in [6.07, 6.45) is 4.72. The number of likely N-dealkylation sites (tertiary alicyclic amines) is 1.